The Kier molecular flexibility index (Phi) is 7.52. The van der Waals surface area contributed by atoms with E-state index in [-0.39, 0.29) is 18.1 Å². The predicted molar refractivity (Wildman–Crippen MR) is 139 cm³/mol. The second kappa shape index (κ2) is 10.8. The van der Waals surface area contributed by atoms with Crippen LogP contribution in [0.2, 0.25) is 0 Å². The van der Waals surface area contributed by atoms with Crippen molar-refractivity contribution >= 4 is 26.9 Å². The SMILES string of the molecule is CNS(=O)(=O)N[C@H]1CCN(c2cccnn2)CC1COC1CCC(c2ccc3c(cnn3C)c2)CC1. The molecule has 10 nitrogen and oxygen atoms in total. The molecule has 1 unspecified atom stereocenters. The van der Waals surface area contributed by atoms with Gasteiger partial charge in [0.2, 0.25) is 0 Å². The summed E-state index contributed by atoms with van der Waals surface area (Å²) in [5, 5.41) is 13.8. The molecule has 0 spiro atoms. The van der Waals surface area contributed by atoms with Gasteiger partial charge >= 0.3 is 0 Å². The highest BCUT2D eigenvalue weighted by molar-refractivity contribution is 7.87. The van der Waals surface area contributed by atoms with Crippen LogP contribution in [0.25, 0.3) is 10.9 Å². The van der Waals surface area contributed by atoms with Crippen LogP contribution in [0.3, 0.4) is 0 Å². The van der Waals surface area contributed by atoms with Crippen LogP contribution in [-0.2, 0) is 22.0 Å². The molecule has 2 atom stereocenters. The quantitative estimate of drug-likeness (QED) is 0.475. The minimum atomic E-state index is -3.54. The number of hydrogen-bond acceptors (Lipinski definition) is 7. The molecule has 0 radical (unpaired) electrons. The largest absolute Gasteiger partial charge is 0.378 e. The summed E-state index contributed by atoms with van der Waals surface area (Å²) in [7, 11) is -0.144. The van der Waals surface area contributed by atoms with Gasteiger partial charge in [-0.1, -0.05) is 6.07 Å². The van der Waals surface area contributed by atoms with E-state index in [0.717, 1.165) is 37.0 Å². The summed E-state index contributed by atoms with van der Waals surface area (Å²) in [4.78, 5) is 2.16. The van der Waals surface area contributed by atoms with E-state index >= 15 is 0 Å². The van der Waals surface area contributed by atoms with Gasteiger partial charge in [0.1, 0.15) is 0 Å². The van der Waals surface area contributed by atoms with E-state index in [9.17, 15) is 8.42 Å². The Morgan fingerprint density at radius 3 is 2.72 bits per heavy atom. The second-order valence-corrected chi connectivity index (χ2v) is 11.6. The highest BCUT2D eigenvalue weighted by Gasteiger charge is 2.34. The van der Waals surface area contributed by atoms with Crippen LogP contribution in [0.5, 0.6) is 0 Å². The number of hydrogen-bond donors (Lipinski definition) is 2. The molecule has 5 rings (SSSR count). The summed E-state index contributed by atoms with van der Waals surface area (Å²) in [6.07, 6.45) is 8.63. The maximum Gasteiger partial charge on any atom is 0.276 e. The molecule has 1 aliphatic heterocycles. The van der Waals surface area contributed by atoms with Crippen LogP contribution in [0.1, 0.15) is 43.6 Å². The normalized spacial score (nSPS) is 25.3. The molecule has 1 saturated heterocycles. The maximum atomic E-state index is 12.2. The molecule has 0 amide bonds. The van der Waals surface area contributed by atoms with Crippen molar-refractivity contribution in [2.45, 2.75) is 50.2 Å². The van der Waals surface area contributed by atoms with Crippen molar-refractivity contribution in [2.75, 3.05) is 31.6 Å². The lowest BCUT2D eigenvalue weighted by Gasteiger charge is -2.40. The summed E-state index contributed by atoms with van der Waals surface area (Å²) in [6.45, 7) is 1.87. The number of rotatable bonds is 8. The van der Waals surface area contributed by atoms with Crippen LogP contribution in [0.15, 0.2) is 42.7 Å². The molecule has 3 aromatic rings. The van der Waals surface area contributed by atoms with Crippen molar-refractivity contribution in [3.05, 3.63) is 48.3 Å². The second-order valence-electron chi connectivity index (χ2n) is 9.90. The molecule has 2 aromatic heterocycles. The minimum Gasteiger partial charge on any atom is -0.378 e. The Morgan fingerprint density at radius 1 is 1.14 bits per heavy atom. The molecule has 194 valence electrons. The van der Waals surface area contributed by atoms with E-state index in [0.29, 0.717) is 32.0 Å². The number of benzene rings is 1. The fourth-order valence-electron chi connectivity index (χ4n) is 5.54. The molecule has 2 N–H and O–H groups in total. The molecule has 1 aliphatic carbocycles. The topological polar surface area (TPSA) is 114 Å². The van der Waals surface area contributed by atoms with Crippen LogP contribution >= 0.6 is 0 Å². The first-order valence-electron chi connectivity index (χ1n) is 12.7. The Labute approximate surface area is 212 Å². The van der Waals surface area contributed by atoms with Gasteiger partial charge in [0.05, 0.1) is 24.4 Å². The molecule has 0 bridgehead atoms. The number of piperidine rings is 1. The van der Waals surface area contributed by atoms with E-state index < -0.39 is 10.2 Å². The van der Waals surface area contributed by atoms with E-state index in [1.54, 1.807) is 6.20 Å². The van der Waals surface area contributed by atoms with Crippen molar-refractivity contribution in [2.24, 2.45) is 13.0 Å². The fourth-order valence-corrected chi connectivity index (χ4v) is 6.37. The lowest BCUT2D eigenvalue weighted by Crippen LogP contribution is -2.54. The number of aromatic nitrogens is 4. The summed E-state index contributed by atoms with van der Waals surface area (Å²) in [5.41, 5.74) is 2.53. The third-order valence-corrected chi connectivity index (χ3v) is 8.80. The fraction of sp³-hybridized carbons (Fsp3) is 0.560. The van der Waals surface area contributed by atoms with Gasteiger partial charge in [-0.05, 0) is 67.9 Å². The first-order chi connectivity index (χ1) is 17.4. The summed E-state index contributed by atoms with van der Waals surface area (Å²) >= 11 is 0. The van der Waals surface area contributed by atoms with E-state index in [2.05, 4.69) is 47.8 Å². The van der Waals surface area contributed by atoms with Gasteiger partial charge in [-0.2, -0.15) is 23.3 Å². The van der Waals surface area contributed by atoms with Gasteiger partial charge in [0, 0.05) is 50.7 Å². The summed E-state index contributed by atoms with van der Waals surface area (Å²) in [5.74, 6) is 1.35. The number of nitrogens with one attached hydrogen (secondary N) is 2. The zero-order chi connectivity index (χ0) is 25.1. The Balaban J connectivity index is 1.19. The first-order valence-corrected chi connectivity index (χ1v) is 14.2. The minimum absolute atomic E-state index is 0.00888. The lowest BCUT2D eigenvalue weighted by atomic mass is 9.82. The number of nitrogens with zero attached hydrogens (tertiary/aromatic N) is 5. The molecule has 2 fully saturated rings. The Bertz CT molecular complexity index is 1260. The highest BCUT2D eigenvalue weighted by Crippen LogP contribution is 2.35. The number of aryl methyl sites for hydroxylation is 1. The summed E-state index contributed by atoms with van der Waals surface area (Å²) in [6, 6.07) is 10.3. The van der Waals surface area contributed by atoms with Gasteiger partial charge in [-0.15, -0.1) is 5.10 Å². The van der Waals surface area contributed by atoms with Gasteiger partial charge in [0.25, 0.3) is 10.2 Å². The highest BCUT2D eigenvalue weighted by atomic mass is 32.2. The van der Waals surface area contributed by atoms with Crippen molar-refractivity contribution in [3.8, 4) is 0 Å². The van der Waals surface area contributed by atoms with Crippen molar-refractivity contribution in [1.82, 2.24) is 29.4 Å². The zero-order valence-electron chi connectivity index (χ0n) is 20.9. The maximum absolute atomic E-state index is 12.2. The first kappa shape index (κ1) is 25.1. The molecule has 1 saturated carbocycles. The van der Waals surface area contributed by atoms with Gasteiger partial charge in [-0.3, -0.25) is 4.68 Å². The van der Waals surface area contributed by atoms with Gasteiger partial charge < -0.3 is 9.64 Å². The molecular formula is C25H35N7O3S. The smallest absolute Gasteiger partial charge is 0.276 e. The standard InChI is InChI=1S/C25H35N7O3S/c1-26-36(33,34)30-23-11-13-32(25-4-3-12-27-29-25)16-21(23)17-35-22-8-5-18(6-9-22)19-7-10-24-20(14-19)15-28-31(24)2/h3-4,7,10,12,14-15,18,21-23,26,30H,5-6,8-9,11,13,16-17H2,1-2H3/t18?,21?,22?,23-/m0/s1. The van der Waals surface area contributed by atoms with Crippen LogP contribution in [0, 0.1) is 5.92 Å². The van der Waals surface area contributed by atoms with Crippen molar-refractivity contribution in [1.29, 1.82) is 0 Å². The third-order valence-electron chi connectivity index (χ3n) is 7.65. The van der Waals surface area contributed by atoms with Gasteiger partial charge in [0.15, 0.2) is 5.82 Å². The van der Waals surface area contributed by atoms with Crippen LogP contribution < -0.4 is 14.3 Å². The van der Waals surface area contributed by atoms with Gasteiger partial charge in [-0.25, -0.2) is 4.72 Å². The Morgan fingerprint density at radius 2 is 1.97 bits per heavy atom. The van der Waals surface area contributed by atoms with Crippen molar-refractivity contribution < 1.29 is 13.2 Å². The Hall–Kier alpha value is -2.60. The number of fused-ring (bicyclic) bond motifs is 1. The molecule has 1 aromatic carbocycles. The van der Waals surface area contributed by atoms with E-state index in [4.69, 9.17) is 4.74 Å². The lowest BCUT2D eigenvalue weighted by molar-refractivity contribution is -0.00216. The van der Waals surface area contributed by atoms with Crippen LogP contribution in [-0.4, -0.2) is 67.3 Å². The molecule has 36 heavy (non-hydrogen) atoms. The predicted octanol–water partition coefficient (Wildman–Crippen LogP) is 2.36. The van der Waals surface area contributed by atoms with Crippen LogP contribution in [0.4, 0.5) is 5.82 Å². The number of ether oxygens (including phenoxy) is 1. The van der Waals surface area contributed by atoms with E-state index in [1.807, 2.05) is 30.1 Å². The average molecular weight is 514 g/mol. The molecular weight excluding hydrogens is 478 g/mol. The summed E-state index contributed by atoms with van der Waals surface area (Å²) < 4.78 is 37.9. The molecule has 11 heteroatoms. The molecule has 3 heterocycles. The van der Waals surface area contributed by atoms with E-state index in [1.165, 1.54) is 18.0 Å². The average Bonchev–Trinajstić information content (AvgIpc) is 3.28. The number of anilines is 1. The monoisotopic (exact) mass is 513 g/mol. The zero-order valence-corrected chi connectivity index (χ0v) is 21.7. The molecule has 2 aliphatic rings. The third kappa shape index (κ3) is 5.69. The van der Waals surface area contributed by atoms with Crippen molar-refractivity contribution in [3.63, 3.8) is 0 Å².